The van der Waals surface area contributed by atoms with Crippen molar-refractivity contribution in [2.45, 2.75) is 44.7 Å². The second-order valence-electron chi connectivity index (χ2n) is 7.14. The average molecular weight is 324 g/mol. The summed E-state index contributed by atoms with van der Waals surface area (Å²) in [6.07, 6.45) is 0. The summed E-state index contributed by atoms with van der Waals surface area (Å²) in [6.45, 7) is 7.78. The number of rotatable bonds is 3. The van der Waals surface area contributed by atoms with Crippen LogP contribution in [0.25, 0.3) is 0 Å². The molecule has 0 saturated carbocycles. The van der Waals surface area contributed by atoms with Crippen LogP contribution in [-0.2, 0) is 14.8 Å². The SMILES string of the molecule is Cc1ccc(S(=O)(=O)N2[C@H](C(=O)N(C)C)[C@H]2C(C)(C)C)cc1. The van der Waals surface area contributed by atoms with Crippen LogP contribution in [0.1, 0.15) is 26.3 Å². The second kappa shape index (κ2) is 5.35. The van der Waals surface area contributed by atoms with Crippen LogP contribution in [0, 0.1) is 12.3 Å². The molecule has 2 rings (SSSR count). The van der Waals surface area contributed by atoms with E-state index in [1.54, 1.807) is 38.4 Å². The molecule has 0 N–H and O–H groups in total. The van der Waals surface area contributed by atoms with E-state index in [1.165, 1.54) is 9.21 Å². The minimum atomic E-state index is -3.66. The first-order valence-electron chi connectivity index (χ1n) is 7.29. The van der Waals surface area contributed by atoms with Crippen molar-refractivity contribution in [1.82, 2.24) is 9.21 Å². The van der Waals surface area contributed by atoms with Crippen molar-refractivity contribution in [3.8, 4) is 0 Å². The number of carbonyl (C=O) groups excluding carboxylic acids is 1. The first-order chi connectivity index (χ1) is 9.98. The van der Waals surface area contributed by atoms with E-state index in [-0.39, 0.29) is 22.3 Å². The summed E-state index contributed by atoms with van der Waals surface area (Å²) in [5.74, 6) is -0.171. The lowest BCUT2D eigenvalue weighted by molar-refractivity contribution is -0.128. The van der Waals surface area contributed by atoms with Crippen molar-refractivity contribution in [3.63, 3.8) is 0 Å². The number of hydrogen-bond donors (Lipinski definition) is 0. The predicted molar refractivity (Wildman–Crippen MR) is 85.9 cm³/mol. The Labute approximate surface area is 133 Å². The first-order valence-corrected chi connectivity index (χ1v) is 8.73. The van der Waals surface area contributed by atoms with Crippen LogP contribution in [0.2, 0.25) is 0 Å². The molecule has 0 spiro atoms. The number of aryl methyl sites for hydroxylation is 1. The van der Waals surface area contributed by atoms with Crippen LogP contribution in [0.15, 0.2) is 29.2 Å². The number of hydrogen-bond acceptors (Lipinski definition) is 3. The van der Waals surface area contributed by atoms with Gasteiger partial charge in [0.15, 0.2) is 0 Å². The van der Waals surface area contributed by atoms with Crippen LogP contribution in [0.5, 0.6) is 0 Å². The zero-order valence-corrected chi connectivity index (χ0v) is 14.8. The molecule has 0 aromatic heterocycles. The average Bonchev–Trinajstić information content (AvgIpc) is 3.14. The van der Waals surface area contributed by atoms with Gasteiger partial charge in [-0.2, -0.15) is 4.31 Å². The summed E-state index contributed by atoms with van der Waals surface area (Å²) in [7, 11) is -0.357. The van der Waals surface area contributed by atoms with Crippen LogP contribution in [0.3, 0.4) is 0 Å². The van der Waals surface area contributed by atoms with Gasteiger partial charge in [-0.1, -0.05) is 38.5 Å². The molecule has 1 aromatic carbocycles. The summed E-state index contributed by atoms with van der Waals surface area (Å²) < 4.78 is 27.1. The fourth-order valence-electron chi connectivity index (χ4n) is 2.71. The fourth-order valence-corrected chi connectivity index (χ4v) is 4.61. The van der Waals surface area contributed by atoms with Crippen LogP contribution < -0.4 is 0 Å². The van der Waals surface area contributed by atoms with Gasteiger partial charge in [0.25, 0.3) is 0 Å². The standard InChI is InChI=1S/C16H24N2O3S/c1-11-7-9-12(10-8-11)22(20,21)18-13(15(19)17(5)6)14(18)16(2,3)4/h7-10,13-14H,1-6H3/t13-,14-,18?/m0/s1. The van der Waals surface area contributed by atoms with Gasteiger partial charge in [-0.25, -0.2) is 8.42 Å². The molecule has 1 saturated heterocycles. The maximum Gasteiger partial charge on any atom is 0.244 e. The van der Waals surface area contributed by atoms with Gasteiger partial charge in [-0.3, -0.25) is 4.79 Å². The Morgan fingerprint density at radius 3 is 2.05 bits per heavy atom. The lowest BCUT2D eigenvalue weighted by Gasteiger charge is -2.18. The Balaban J connectivity index is 2.41. The zero-order valence-electron chi connectivity index (χ0n) is 14.0. The van der Waals surface area contributed by atoms with Crippen molar-refractivity contribution in [2.75, 3.05) is 14.1 Å². The highest BCUT2D eigenvalue weighted by Gasteiger charge is 2.64. The quantitative estimate of drug-likeness (QED) is 0.798. The highest BCUT2D eigenvalue weighted by atomic mass is 32.2. The summed E-state index contributed by atoms with van der Waals surface area (Å²) in [4.78, 5) is 14.0. The Morgan fingerprint density at radius 2 is 1.64 bits per heavy atom. The lowest BCUT2D eigenvalue weighted by atomic mass is 9.90. The smallest absolute Gasteiger partial charge is 0.244 e. The number of likely N-dealkylation sites (N-methyl/N-ethyl adjacent to an activating group) is 1. The third-order valence-electron chi connectivity index (χ3n) is 3.94. The highest BCUT2D eigenvalue weighted by molar-refractivity contribution is 7.89. The molecule has 0 bridgehead atoms. The number of amides is 1. The molecule has 1 heterocycles. The Morgan fingerprint density at radius 1 is 1.14 bits per heavy atom. The normalized spacial score (nSPS) is 24.9. The minimum Gasteiger partial charge on any atom is -0.347 e. The molecule has 1 unspecified atom stereocenters. The second-order valence-corrected chi connectivity index (χ2v) is 8.98. The van der Waals surface area contributed by atoms with E-state index < -0.39 is 16.1 Å². The molecule has 1 aliphatic rings. The number of benzene rings is 1. The fraction of sp³-hybridized carbons (Fsp3) is 0.562. The van der Waals surface area contributed by atoms with E-state index in [1.807, 2.05) is 27.7 Å². The largest absolute Gasteiger partial charge is 0.347 e. The van der Waals surface area contributed by atoms with E-state index in [2.05, 4.69) is 0 Å². The number of carbonyl (C=O) groups is 1. The molecule has 1 amide bonds. The molecule has 6 heteroatoms. The van der Waals surface area contributed by atoms with Gasteiger partial charge in [0.1, 0.15) is 6.04 Å². The van der Waals surface area contributed by atoms with E-state index >= 15 is 0 Å². The monoisotopic (exact) mass is 324 g/mol. The molecular weight excluding hydrogens is 300 g/mol. The van der Waals surface area contributed by atoms with Crippen molar-refractivity contribution in [2.24, 2.45) is 5.41 Å². The Hall–Kier alpha value is -1.40. The Bertz CT molecular complexity index is 672. The minimum absolute atomic E-state index is 0.171. The molecule has 1 aromatic rings. The molecule has 1 aliphatic heterocycles. The first kappa shape index (κ1) is 17.0. The van der Waals surface area contributed by atoms with Crippen LogP contribution in [-0.4, -0.2) is 49.7 Å². The molecule has 122 valence electrons. The summed E-state index contributed by atoms with van der Waals surface area (Å²) in [5, 5.41) is 0. The highest BCUT2D eigenvalue weighted by Crippen LogP contribution is 2.46. The third-order valence-corrected chi connectivity index (χ3v) is 5.81. The zero-order chi connectivity index (χ0) is 16.9. The van der Waals surface area contributed by atoms with Gasteiger partial charge >= 0.3 is 0 Å². The summed E-state index contributed by atoms with van der Waals surface area (Å²) in [5.41, 5.74) is 0.701. The van der Waals surface area contributed by atoms with E-state index in [0.29, 0.717) is 0 Å². The number of sulfonamides is 1. The molecule has 0 radical (unpaired) electrons. The van der Waals surface area contributed by atoms with Gasteiger partial charge in [0.05, 0.1) is 10.9 Å². The van der Waals surface area contributed by atoms with Crippen LogP contribution in [0.4, 0.5) is 0 Å². The van der Waals surface area contributed by atoms with Gasteiger partial charge in [0.2, 0.25) is 15.9 Å². The Kier molecular flexibility index (Phi) is 4.13. The summed E-state index contributed by atoms with van der Waals surface area (Å²) >= 11 is 0. The number of nitrogens with zero attached hydrogens (tertiary/aromatic N) is 2. The predicted octanol–water partition coefficient (Wildman–Crippen LogP) is 1.87. The van der Waals surface area contributed by atoms with E-state index in [0.717, 1.165) is 5.56 Å². The van der Waals surface area contributed by atoms with Crippen molar-refractivity contribution < 1.29 is 13.2 Å². The maximum absolute atomic E-state index is 12.9. The third kappa shape index (κ3) is 2.90. The summed E-state index contributed by atoms with van der Waals surface area (Å²) in [6, 6.07) is 5.81. The molecule has 22 heavy (non-hydrogen) atoms. The van der Waals surface area contributed by atoms with Crippen molar-refractivity contribution in [1.29, 1.82) is 0 Å². The van der Waals surface area contributed by atoms with Gasteiger partial charge in [0, 0.05) is 14.1 Å². The van der Waals surface area contributed by atoms with Crippen molar-refractivity contribution >= 4 is 15.9 Å². The molecule has 0 aliphatic carbocycles. The van der Waals surface area contributed by atoms with Crippen molar-refractivity contribution in [3.05, 3.63) is 29.8 Å². The molecule has 1 fully saturated rings. The van der Waals surface area contributed by atoms with Gasteiger partial charge < -0.3 is 4.90 Å². The molecule has 5 nitrogen and oxygen atoms in total. The van der Waals surface area contributed by atoms with E-state index in [9.17, 15) is 13.2 Å². The topological polar surface area (TPSA) is 57.5 Å². The van der Waals surface area contributed by atoms with Gasteiger partial charge in [-0.05, 0) is 24.5 Å². The maximum atomic E-state index is 12.9. The van der Waals surface area contributed by atoms with Gasteiger partial charge in [-0.15, -0.1) is 0 Å². The molecular formula is C16H24N2O3S. The van der Waals surface area contributed by atoms with E-state index in [4.69, 9.17) is 0 Å². The van der Waals surface area contributed by atoms with Crippen LogP contribution >= 0.6 is 0 Å². The molecule has 3 atom stereocenters. The lowest BCUT2D eigenvalue weighted by Crippen LogP contribution is -2.31.